The molecular formula is C20H24N2O2. The Kier molecular flexibility index (Phi) is 4.02. The second-order valence-electron chi connectivity index (χ2n) is 6.88. The summed E-state index contributed by atoms with van der Waals surface area (Å²) in [5, 5.41) is 12.0. The predicted molar refractivity (Wildman–Crippen MR) is 95.1 cm³/mol. The molecule has 2 aromatic rings. The van der Waals surface area contributed by atoms with Gasteiger partial charge in [0.05, 0.1) is 18.7 Å². The first kappa shape index (κ1) is 15.6. The maximum atomic E-state index is 11.1. The van der Waals surface area contributed by atoms with E-state index in [1.165, 1.54) is 12.8 Å². The molecule has 1 aromatic heterocycles. The van der Waals surface area contributed by atoms with Crippen LogP contribution in [-0.2, 0) is 0 Å². The van der Waals surface area contributed by atoms with Gasteiger partial charge in [-0.2, -0.15) is 0 Å². The number of ether oxygens (including phenoxy) is 1. The van der Waals surface area contributed by atoms with Crippen LogP contribution in [0.4, 0.5) is 0 Å². The zero-order chi connectivity index (χ0) is 16.7. The highest BCUT2D eigenvalue weighted by molar-refractivity contribution is 5.84. The minimum Gasteiger partial charge on any atom is -0.497 e. The molecule has 0 spiro atoms. The van der Waals surface area contributed by atoms with E-state index in [1.807, 2.05) is 24.3 Å². The summed E-state index contributed by atoms with van der Waals surface area (Å²) in [6.45, 7) is 5.05. The van der Waals surface area contributed by atoms with Crippen molar-refractivity contribution in [2.75, 3.05) is 13.7 Å². The highest BCUT2D eigenvalue weighted by atomic mass is 16.5. The summed E-state index contributed by atoms with van der Waals surface area (Å²) in [5.74, 6) is 1.36. The quantitative estimate of drug-likeness (QED) is 0.877. The molecule has 126 valence electrons. The van der Waals surface area contributed by atoms with Gasteiger partial charge in [0, 0.05) is 23.7 Å². The van der Waals surface area contributed by atoms with Gasteiger partial charge >= 0.3 is 0 Å². The van der Waals surface area contributed by atoms with Crippen LogP contribution >= 0.6 is 0 Å². The molecule has 2 aliphatic rings. The minimum atomic E-state index is -0.498. The van der Waals surface area contributed by atoms with E-state index in [2.05, 4.69) is 22.5 Å². The first-order valence-electron chi connectivity index (χ1n) is 8.72. The van der Waals surface area contributed by atoms with E-state index in [9.17, 15) is 5.11 Å². The van der Waals surface area contributed by atoms with Crippen LogP contribution in [0.3, 0.4) is 0 Å². The van der Waals surface area contributed by atoms with E-state index in [0.717, 1.165) is 35.2 Å². The molecule has 1 aromatic carbocycles. The average molecular weight is 324 g/mol. The summed E-state index contributed by atoms with van der Waals surface area (Å²) in [4.78, 5) is 6.88. The van der Waals surface area contributed by atoms with Gasteiger partial charge in [0.15, 0.2) is 0 Å². The van der Waals surface area contributed by atoms with E-state index in [1.54, 1.807) is 13.3 Å². The van der Waals surface area contributed by atoms with Crippen molar-refractivity contribution in [2.45, 2.75) is 37.5 Å². The second kappa shape index (κ2) is 6.19. The van der Waals surface area contributed by atoms with E-state index in [-0.39, 0.29) is 6.04 Å². The molecule has 3 heterocycles. The third kappa shape index (κ3) is 2.41. The van der Waals surface area contributed by atoms with Gasteiger partial charge < -0.3 is 9.84 Å². The van der Waals surface area contributed by atoms with Crippen molar-refractivity contribution in [3.63, 3.8) is 0 Å². The standard InChI is InChI=1S/C20H24N2O2/c1-3-13-5-4-10-22-18(13)12-19(22)20(23)15-8-9-21-17-7-6-14(24-2)11-16(15)17/h3,6-9,11,13,18-20,23H,1,4-5,10,12H2,2H3/t13-,18?,19?,20-/m1/s1. The summed E-state index contributed by atoms with van der Waals surface area (Å²) in [7, 11) is 1.66. The number of nitrogens with zero attached hydrogens (tertiary/aromatic N) is 2. The Labute approximate surface area is 142 Å². The normalized spacial score (nSPS) is 28.0. The molecule has 2 saturated heterocycles. The summed E-state index contributed by atoms with van der Waals surface area (Å²) < 4.78 is 5.34. The predicted octanol–water partition coefficient (Wildman–Crippen LogP) is 3.32. The van der Waals surface area contributed by atoms with Crippen molar-refractivity contribution in [2.24, 2.45) is 5.92 Å². The van der Waals surface area contributed by atoms with Crippen molar-refractivity contribution in [3.05, 3.63) is 48.7 Å². The van der Waals surface area contributed by atoms with Gasteiger partial charge in [-0.1, -0.05) is 6.08 Å². The summed E-state index contributed by atoms with van der Waals surface area (Å²) in [6, 6.07) is 8.51. The zero-order valence-corrected chi connectivity index (χ0v) is 14.1. The number of pyridine rings is 1. The number of aliphatic hydroxyl groups is 1. The van der Waals surface area contributed by atoms with Crippen LogP contribution in [0.1, 0.15) is 30.9 Å². The number of aromatic nitrogens is 1. The van der Waals surface area contributed by atoms with E-state index in [4.69, 9.17) is 4.74 Å². The molecule has 0 radical (unpaired) electrons. The van der Waals surface area contributed by atoms with Crippen LogP contribution in [-0.4, -0.2) is 40.7 Å². The first-order valence-corrected chi connectivity index (χ1v) is 8.72. The van der Waals surface area contributed by atoms with Gasteiger partial charge in [0.1, 0.15) is 5.75 Å². The Morgan fingerprint density at radius 3 is 3.08 bits per heavy atom. The number of rotatable bonds is 4. The molecule has 4 heteroatoms. The molecule has 0 bridgehead atoms. The number of fused-ring (bicyclic) bond motifs is 2. The molecule has 0 aliphatic carbocycles. The molecule has 0 amide bonds. The van der Waals surface area contributed by atoms with Crippen molar-refractivity contribution >= 4 is 10.9 Å². The fourth-order valence-corrected chi connectivity index (χ4v) is 4.40. The van der Waals surface area contributed by atoms with Crippen LogP contribution < -0.4 is 4.74 Å². The van der Waals surface area contributed by atoms with Crippen LogP contribution in [0.2, 0.25) is 0 Å². The number of methoxy groups -OCH3 is 1. The van der Waals surface area contributed by atoms with Gasteiger partial charge in [0.25, 0.3) is 0 Å². The number of benzene rings is 1. The Balaban J connectivity index is 1.64. The lowest BCUT2D eigenvalue weighted by atomic mass is 9.74. The van der Waals surface area contributed by atoms with Gasteiger partial charge in [0.2, 0.25) is 0 Å². The van der Waals surface area contributed by atoms with Crippen molar-refractivity contribution in [1.82, 2.24) is 9.88 Å². The Morgan fingerprint density at radius 2 is 2.29 bits per heavy atom. The highest BCUT2D eigenvalue weighted by Crippen LogP contribution is 2.43. The highest BCUT2D eigenvalue weighted by Gasteiger charge is 2.47. The summed E-state index contributed by atoms with van der Waals surface area (Å²) in [6.07, 6.45) is 6.82. The third-order valence-corrected chi connectivity index (χ3v) is 5.75. The minimum absolute atomic E-state index is 0.189. The monoisotopic (exact) mass is 324 g/mol. The number of aliphatic hydroxyl groups excluding tert-OH is 1. The third-order valence-electron chi connectivity index (χ3n) is 5.75. The Morgan fingerprint density at radius 1 is 1.42 bits per heavy atom. The summed E-state index contributed by atoms with van der Waals surface area (Å²) in [5.41, 5.74) is 1.84. The molecular weight excluding hydrogens is 300 g/mol. The maximum absolute atomic E-state index is 11.1. The molecule has 1 N–H and O–H groups in total. The lowest BCUT2D eigenvalue weighted by molar-refractivity contribution is -0.0923. The fraction of sp³-hybridized carbons (Fsp3) is 0.450. The topological polar surface area (TPSA) is 45.6 Å². The molecule has 2 fully saturated rings. The van der Waals surface area contributed by atoms with E-state index >= 15 is 0 Å². The van der Waals surface area contributed by atoms with Crippen molar-refractivity contribution < 1.29 is 9.84 Å². The second-order valence-corrected chi connectivity index (χ2v) is 6.88. The molecule has 4 rings (SSSR count). The molecule has 4 atom stereocenters. The van der Waals surface area contributed by atoms with Gasteiger partial charge in [-0.25, -0.2) is 0 Å². The first-order chi connectivity index (χ1) is 11.7. The van der Waals surface area contributed by atoms with Crippen LogP contribution in [0.5, 0.6) is 5.75 Å². The molecule has 0 saturated carbocycles. The fourth-order valence-electron chi connectivity index (χ4n) is 4.40. The van der Waals surface area contributed by atoms with Gasteiger partial charge in [-0.3, -0.25) is 9.88 Å². The zero-order valence-electron chi connectivity index (χ0n) is 14.1. The van der Waals surface area contributed by atoms with Crippen LogP contribution in [0, 0.1) is 5.92 Å². The lowest BCUT2D eigenvalue weighted by Gasteiger charge is -2.56. The number of hydrogen-bond acceptors (Lipinski definition) is 4. The smallest absolute Gasteiger partial charge is 0.119 e. The Bertz CT molecular complexity index is 760. The SMILES string of the molecule is C=C[C@@H]1CCCN2C1CC2[C@H](O)c1ccnc2ccc(OC)cc12. The molecule has 2 aliphatic heterocycles. The molecule has 2 unspecified atom stereocenters. The van der Waals surface area contributed by atoms with E-state index in [0.29, 0.717) is 12.0 Å². The van der Waals surface area contributed by atoms with Crippen molar-refractivity contribution in [1.29, 1.82) is 0 Å². The van der Waals surface area contributed by atoms with Gasteiger partial charge in [-0.15, -0.1) is 6.58 Å². The lowest BCUT2D eigenvalue weighted by Crippen LogP contribution is -2.62. The average Bonchev–Trinajstić information content (AvgIpc) is 2.61. The number of piperidine rings is 1. The molecule has 4 nitrogen and oxygen atoms in total. The number of hydrogen-bond donors (Lipinski definition) is 1. The van der Waals surface area contributed by atoms with Gasteiger partial charge in [-0.05, 0) is 61.6 Å². The largest absolute Gasteiger partial charge is 0.497 e. The summed E-state index contributed by atoms with van der Waals surface area (Å²) >= 11 is 0. The maximum Gasteiger partial charge on any atom is 0.119 e. The van der Waals surface area contributed by atoms with Crippen LogP contribution in [0.25, 0.3) is 10.9 Å². The van der Waals surface area contributed by atoms with E-state index < -0.39 is 6.10 Å². The van der Waals surface area contributed by atoms with Crippen molar-refractivity contribution in [3.8, 4) is 5.75 Å². The Hall–Kier alpha value is -1.91. The van der Waals surface area contributed by atoms with Crippen LogP contribution in [0.15, 0.2) is 43.1 Å². The molecule has 24 heavy (non-hydrogen) atoms.